The lowest BCUT2D eigenvalue weighted by atomic mass is 10.3. The van der Waals surface area contributed by atoms with Gasteiger partial charge >= 0.3 is 10.2 Å². The van der Waals surface area contributed by atoms with Gasteiger partial charge in [0.1, 0.15) is 0 Å². The van der Waals surface area contributed by atoms with E-state index in [0.29, 0.717) is 5.52 Å². The highest BCUT2D eigenvalue weighted by Gasteiger charge is 2.17. The summed E-state index contributed by atoms with van der Waals surface area (Å²) in [6, 6.07) is 9.17. The van der Waals surface area contributed by atoms with Crippen LogP contribution in [-0.2, 0) is 10.2 Å². The lowest BCUT2D eigenvalue weighted by Crippen LogP contribution is -2.28. The van der Waals surface area contributed by atoms with Crippen LogP contribution in [0.25, 0.3) is 10.9 Å². The second-order valence-electron chi connectivity index (χ2n) is 3.46. The molecule has 0 radical (unpaired) electrons. The highest BCUT2D eigenvalue weighted by Crippen LogP contribution is 2.17. The Morgan fingerprint density at radius 1 is 1.13 bits per heavy atom. The minimum atomic E-state index is -3.41. The molecule has 0 aliphatic heterocycles. The smallest absolute Gasteiger partial charge is 0.232 e. The van der Waals surface area contributed by atoms with Crippen LogP contribution in [0.15, 0.2) is 36.5 Å². The van der Waals surface area contributed by atoms with Crippen LogP contribution in [0.2, 0.25) is 0 Å². The first-order chi connectivity index (χ1) is 7.03. The molecule has 0 saturated carbocycles. The van der Waals surface area contributed by atoms with Gasteiger partial charge in [-0.1, -0.05) is 18.2 Å². The molecule has 0 saturated heterocycles. The number of aromatic nitrogens is 1. The molecule has 4 nitrogen and oxygen atoms in total. The molecule has 5 heteroatoms. The summed E-state index contributed by atoms with van der Waals surface area (Å²) in [6.45, 7) is 0. The van der Waals surface area contributed by atoms with E-state index in [4.69, 9.17) is 0 Å². The first-order valence-corrected chi connectivity index (χ1v) is 5.92. The summed E-state index contributed by atoms with van der Waals surface area (Å²) in [6.07, 6.45) is 1.57. The predicted octanol–water partition coefficient (Wildman–Crippen LogP) is 1.30. The Morgan fingerprint density at radius 2 is 1.80 bits per heavy atom. The summed E-state index contributed by atoms with van der Waals surface area (Å²) >= 11 is 0. The van der Waals surface area contributed by atoms with Crippen molar-refractivity contribution in [2.24, 2.45) is 0 Å². The monoisotopic (exact) mass is 224 g/mol. The minimum Gasteiger partial charge on any atom is -0.232 e. The molecule has 0 spiro atoms. The molecule has 15 heavy (non-hydrogen) atoms. The molecule has 0 amide bonds. The highest BCUT2D eigenvalue weighted by atomic mass is 32.2. The maximum Gasteiger partial charge on any atom is 0.307 e. The topological polar surface area (TPSA) is 42.3 Å². The van der Waals surface area contributed by atoms with Gasteiger partial charge in [0.25, 0.3) is 0 Å². The standard InChI is InChI=1S/C10H12N2O2S/c1-11(2)15(13,14)12-8-7-9-5-3-4-6-10(9)12/h3-8H,1-2H3. The molecule has 2 rings (SSSR count). The molecule has 1 aromatic carbocycles. The van der Waals surface area contributed by atoms with E-state index in [1.54, 1.807) is 18.3 Å². The summed E-state index contributed by atoms with van der Waals surface area (Å²) in [4.78, 5) is 0. The average Bonchev–Trinajstić information content (AvgIpc) is 2.61. The zero-order chi connectivity index (χ0) is 11.1. The Hall–Kier alpha value is -1.33. The molecule has 2 aromatic rings. The highest BCUT2D eigenvalue weighted by molar-refractivity contribution is 7.87. The number of nitrogens with zero attached hydrogens (tertiary/aromatic N) is 2. The van der Waals surface area contributed by atoms with Crippen LogP contribution in [0.3, 0.4) is 0 Å². The molecule has 80 valence electrons. The van der Waals surface area contributed by atoms with Crippen molar-refractivity contribution in [2.75, 3.05) is 14.1 Å². The number of benzene rings is 1. The van der Waals surface area contributed by atoms with Gasteiger partial charge in [0.05, 0.1) is 5.52 Å². The Labute approximate surface area is 88.9 Å². The van der Waals surface area contributed by atoms with Crippen LogP contribution < -0.4 is 0 Å². The van der Waals surface area contributed by atoms with E-state index < -0.39 is 10.2 Å². The van der Waals surface area contributed by atoms with Crippen molar-refractivity contribution in [3.05, 3.63) is 36.5 Å². The van der Waals surface area contributed by atoms with E-state index >= 15 is 0 Å². The molecule has 0 unspecified atom stereocenters. The van der Waals surface area contributed by atoms with Gasteiger partial charge in [-0.05, 0) is 12.1 Å². The molecule has 0 N–H and O–H groups in total. The fourth-order valence-corrected chi connectivity index (χ4v) is 2.42. The Morgan fingerprint density at radius 3 is 2.47 bits per heavy atom. The summed E-state index contributed by atoms with van der Waals surface area (Å²) in [5.41, 5.74) is 0.700. The maximum absolute atomic E-state index is 11.9. The number of rotatable bonds is 2. The Bertz CT molecular complexity index is 584. The van der Waals surface area contributed by atoms with E-state index in [1.807, 2.05) is 18.2 Å². The summed E-state index contributed by atoms with van der Waals surface area (Å²) in [5.74, 6) is 0. The third-order valence-electron chi connectivity index (χ3n) is 2.27. The van der Waals surface area contributed by atoms with Gasteiger partial charge in [-0.25, -0.2) is 3.97 Å². The largest absolute Gasteiger partial charge is 0.307 e. The van der Waals surface area contributed by atoms with E-state index in [0.717, 1.165) is 5.39 Å². The van der Waals surface area contributed by atoms with Gasteiger partial charge in [0.2, 0.25) is 0 Å². The van der Waals surface area contributed by atoms with Gasteiger partial charge in [0.15, 0.2) is 0 Å². The van der Waals surface area contributed by atoms with Crippen LogP contribution in [0.4, 0.5) is 0 Å². The van der Waals surface area contributed by atoms with Gasteiger partial charge in [-0.3, -0.25) is 0 Å². The molecule has 0 aliphatic carbocycles. The van der Waals surface area contributed by atoms with Crippen molar-refractivity contribution in [1.82, 2.24) is 8.28 Å². The maximum atomic E-state index is 11.9. The summed E-state index contributed by atoms with van der Waals surface area (Å²) in [5, 5.41) is 0.919. The number of hydrogen-bond acceptors (Lipinski definition) is 2. The predicted molar refractivity (Wildman–Crippen MR) is 59.9 cm³/mol. The van der Waals surface area contributed by atoms with E-state index in [9.17, 15) is 8.42 Å². The zero-order valence-corrected chi connectivity index (χ0v) is 9.40. The van der Waals surface area contributed by atoms with Crippen molar-refractivity contribution < 1.29 is 8.42 Å². The van der Waals surface area contributed by atoms with E-state index in [1.165, 1.54) is 22.4 Å². The number of hydrogen-bond donors (Lipinski definition) is 0. The lowest BCUT2D eigenvalue weighted by Gasteiger charge is -2.12. The molecule has 0 atom stereocenters. The molecular weight excluding hydrogens is 212 g/mol. The van der Waals surface area contributed by atoms with Gasteiger partial charge in [-0.2, -0.15) is 12.7 Å². The first-order valence-electron chi connectivity index (χ1n) is 4.52. The zero-order valence-electron chi connectivity index (χ0n) is 8.58. The fraction of sp³-hybridized carbons (Fsp3) is 0.200. The molecule has 1 heterocycles. The first kappa shape index (κ1) is 10.2. The second kappa shape index (κ2) is 3.36. The number of para-hydroxylation sites is 1. The molecule has 1 aromatic heterocycles. The van der Waals surface area contributed by atoms with Crippen LogP contribution >= 0.6 is 0 Å². The van der Waals surface area contributed by atoms with Crippen molar-refractivity contribution in [2.45, 2.75) is 0 Å². The van der Waals surface area contributed by atoms with E-state index in [2.05, 4.69) is 0 Å². The third kappa shape index (κ3) is 1.53. The quantitative estimate of drug-likeness (QED) is 0.771. The van der Waals surface area contributed by atoms with E-state index in [-0.39, 0.29) is 0 Å². The van der Waals surface area contributed by atoms with Gasteiger partial charge < -0.3 is 0 Å². The second-order valence-corrected chi connectivity index (χ2v) is 5.48. The summed E-state index contributed by atoms with van der Waals surface area (Å²) < 4.78 is 26.3. The van der Waals surface area contributed by atoms with Crippen molar-refractivity contribution in [1.29, 1.82) is 0 Å². The fourth-order valence-electron chi connectivity index (χ4n) is 1.43. The molecule has 0 fully saturated rings. The van der Waals surface area contributed by atoms with Gasteiger partial charge in [0, 0.05) is 25.7 Å². The Kier molecular flexibility index (Phi) is 2.28. The number of fused-ring (bicyclic) bond motifs is 1. The van der Waals surface area contributed by atoms with Crippen molar-refractivity contribution in [3.8, 4) is 0 Å². The molecule has 0 aliphatic rings. The van der Waals surface area contributed by atoms with Crippen LogP contribution in [-0.4, -0.2) is 30.8 Å². The van der Waals surface area contributed by atoms with Gasteiger partial charge in [-0.15, -0.1) is 0 Å². The minimum absolute atomic E-state index is 0.700. The van der Waals surface area contributed by atoms with Crippen molar-refractivity contribution in [3.63, 3.8) is 0 Å². The van der Waals surface area contributed by atoms with Crippen LogP contribution in [0.5, 0.6) is 0 Å². The Balaban J connectivity index is 2.74. The molecular formula is C10H12N2O2S. The average molecular weight is 224 g/mol. The SMILES string of the molecule is CN(C)S(=O)(=O)n1ccc2ccccc21. The molecule has 0 bridgehead atoms. The van der Waals surface area contributed by atoms with Crippen LogP contribution in [0, 0.1) is 0 Å². The van der Waals surface area contributed by atoms with Crippen LogP contribution in [0.1, 0.15) is 0 Å². The summed E-state index contributed by atoms with van der Waals surface area (Å²) in [7, 11) is -0.374. The third-order valence-corrected chi connectivity index (χ3v) is 4.01. The lowest BCUT2D eigenvalue weighted by molar-refractivity contribution is 0.512. The van der Waals surface area contributed by atoms with Crippen molar-refractivity contribution >= 4 is 21.1 Å². The normalized spacial score (nSPS) is 12.5.